The third kappa shape index (κ3) is 2.88. The smallest absolute Gasteiger partial charge is 0.0596 e. The van der Waals surface area contributed by atoms with Gasteiger partial charge in [-0.2, -0.15) is 5.10 Å². The molecule has 16 heavy (non-hydrogen) atoms. The lowest BCUT2D eigenvalue weighted by molar-refractivity contribution is 0.359. The molecule has 90 valence electrons. The Bertz CT molecular complexity index is 346. The van der Waals surface area contributed by atoms with Gasteiger partial charge in [0.25, 0.3) is 0 Å². The number of hydrogen-bond donors (Lipinski definition) is 0. The molecule has 0 radical (unpaired) electrons. The molecule has 0 spiro atoms. The second kappa shape index (κ2) is 5.35. The van der Waals surface area contributed by atoms with E-state index in [4.69, 9.17) is 0 Å². The number of alkyl halides is 1. The molecular weight excluding hydrogens is 264 g/mol. The van der Waals surface area contributed by atoms with Gasteiger partial charge in [0, 0.05) is 17.1 Å². The largest absolute Gasteiger partial charge is 0.270 e. The van der Waals surface area contributed by atoms with Gasteiger partial charge in [-0.15, -0.1) is 0 Å². The molecule has 0 bridgehead atoms. The maximum atomic E-state index is 4.52. The Morgan fingerprint density at radius 2 is 2.31 bits per heavy atom. The van der Waals surface area contributed by atoms with Crippen LogP contribution in [0.2, 0.25) is 0 Å². The van der Waals surface area contributed by atoms with Crippen LogP contribution in [0.1, 0.15) is 44.0 Å². The Labute approximate surface area is 107 Å². The van der Waals surface area contributed by atoms with Gasteiger partial charge in [0.15, 0.2) is 0 Å². The molecule has 0 aliphatic heterocycles. The molecule has 1 aliphatic rings. The molecule has 0 aromatic carbocycles. The standard InChI is InChI=1S/C13H21BrN2/c1-3-16-13(7-10(2)15-16)9-11-5-4-6-12(14)8-11/h7,11-12H,3-6,8-9H2,1-2H3. The summed E-state index contributed by atoms with van der Waals surface area (Å²) in [5, 5.41) is 4.52. The van der Waals surface area contributed by atoms with E-state index in [2.05, 4.69) is 45.6 Å². The second-order valence-corrected chi connectivity index (χ2v) is 6.22. The number of nitrogens with zero attached hydrogens (tertiary/aromatic N) is 2. The predicted molar refractivity (Wildman–Crippen MR) is 71.0 cm³/mol. The molecule has 1 saturated carbocycles. The molecule has 1 aromatic heterocycles. The number of aromatic nitrogens is 2. The van der Waals surface area contributed by atoms with E-state index in [0.717, 1.165) is 23.0 Å². The first kappa shape index (κ1) is 12.2. The molecule has 1 aliphatic carbocycles. The molecule has 2 atom stereocenters. The zero-order valence-electron chi connectivity index (χ0n) is 10.2. The monoisotopic (exact) mass is 284 g/mol. The molecule has 2 rings (SSSR count). The Morgan fingerprint density at radius 3 is 3.00 bits per heavy atom. The third-order valence-corrected chi connectivity index (χ3v) is 4.33. The Kier molecular flexibility index (Phi) is 4.06. The van der Waals surface area contributed by atoms with Gasteiger partial charge in [0.05, 0.1) is 5.69 Å². The van der Waals surface area contributed by atoms with Gasteiger partial charge < -0.3 is 0 Å². The van der Waals surface area contributed by atoms with Crippen molar-refractivity contribution in [1.82, 2.24) is 9.78 Å². The lowest BCUT2D eigenvalue weighted by Crippen LogP contribution is -2.18. The fourth-order valence-electron chi connectivity index (χ4n) is 2.74. The van der Waals surface area contributed by atoms with Gasteiger partial charge in [-0.25, -0.2) is 0 Å². The van der Waals surface area contributed by atoms with E-state index in [-0.39, 0.29) is 0 Å². The second-order valence-electron chi connectivity index (χ2n) is 4.93. The maximum absolute atomic E-state index is 4.52. The molecule has 0 amide bonds. The van der Waals surface area contributed by atoms with E-state index in [0.29, 0.717) is 0 Å². The zero-order chi connectivity index (χ0) is 11.5. The number of rotatable bonds is 3. The Morgan fingerprint density at radius 1 is 1.50 bits per heavy atom. The van der Waals surface area contributed by atoms with Crippen LogP contribution in [-0.2, 0) is 13.0 Å². The van der Waals surface area contributed by atoms with Crippen molar-refractivity contribution in [2.24, 2.45) is 5.92 Å². The minimum absolute atomic E-state index is 0.741. The average Bonchev–Trinajstić information content (AvgIpc) is 2.59. The topological polar surface area (TPSA) is 17.8 Å². The fourth-order valence-corrected chi connectivity index (χ4v) is 3.60. The molecule has 1 heterocycles. The molecular formula is C13H21BrN2. The summed E-state index contributed by atoms with van der Waals surface area (Å²) in [5.41, 5.74) is 2.58. The summed E-state index contributed by atoms with van der Waals surface area (Å²) in [4.78, 5) is 0.741. The zero-order valence-corrected chi connectivity index (χ0v) is 11.8. The lowest BCUT2D eigenvalue weighted by atomic mass is 9.86. The van der Waals surface area contributed by atoms with Gasteiger partial charge in [-0.1, -0.05) is 22.4 Å². The van der Waals surface area contributed by atoms with E-state index < -0.39 is 0 Å². The summed E-state index contributed by atoms with van der Waals surface area (Å²) in [7, 11) is 0. The van der Waals surface area contributed by atoms with Crippen molar-refractivity contribution >= 4 is 15.9 Å². The van der Waals surface area contributed by atoms with Crippen LogP contribution in [0, 0.1) is 12.8 Å². The molecule has 2 unspecified atom stereocenters. The molecule has 1 fully saturated rings. The minimum Gasteiger partial charge on any atom is -0.270 e. The number of halogens is 1. The van der Waals surface area contributed by atoms with Crippen LogP contribution in [0.5, 0.6) is 0 Å². The van der Waals surface area contributed by atoms with Crippen LogP contribution in [0.15, 0.2) is 6.07 Å². The first-order valence-electron chi connectivity index (χ1n) is 6.36. The van der Waals surface area contributed by atoms with Crippen molar-refractivity contribution < 1.29 is 0 Å². The molecule has 0 saturated heterocycles. The summed E-state index contributed by atoms with van der Waals surface area (Å²) in [6.07, 6.45) is 6.64. The Hall–Kier alpha value is -0.310. The van der Waals surface area contributed by atoms with E-state index >= 15 is 0 Å². The Balaban J connectivity index is 2.02. The van der Waals surface area contributed by atoms with E-state index in [1.807, 2.05) is 0 Å². The van der Waals surface area contributed by atoms with Crippen molar-refractivity contribution in [2.75, 3.05) is 0 Å². The molecule has 2 nitrogen and oxygen atoms in total. The van der Waals surface area contributed by atoms with Crippen LogP contribution in [0.3, 0.4) is 0 Å². The molecule has 0 N–H and O–H groups in total. The van der Waals surface area contributed by atoms with Crippen LogP contribution in [0.25, 0.3) is 0 Å². The molecule has 3 heteroatoms. The van der Waals surface area contributed by atoms with Crippen LogP contribution >= 0.6 is 15.9 Å². The summed E-state index contributed by atoms with van der Waals surface area (Å²) in [5.74, 6) is 0.847. The highest BCUT2D eigenvalue weighted by Crippen LogP contribution is 2.31. The summed E-state index contributed by atoms with van der Waals surface area (Å²) >= 11 is 3.76. The minimum atomic E-state index is 0.741. The van der Waals surface area contributed by atoms with Crippen LogP contribution in [0.4, 0.5) is 0 Å². The van der Waals surface area contributed by atoms with Crippen molar-refractivity contribution in [1.29, 1.82) is 0 Å². The highest BCUT2D eigenvalue weighted by molar-refractivity contribution is 9.09. The summed E-state index contributed by atoms with van der Waals surface area (Å²) in [6, 6.07) is 2.25. The SMILES string of the molecule is CCn1nc(C)cc1CC1CCCC(Br)C1. The van der Waals surface area contributed by atoms with Gasteiger partial charge in [-0.05, 0) is 51.5 Å². The third-order valence-electron chi connectivity index (χ3n) is 3.50. The maximum Gasteiger partial charge on any atom is 0.0596 e. The predicted octanol–water partition coefficient (Wildman–Crippen LogP) is 3.71. The van der Waals surface area contributed by atoms with Crippen molar-refractivity contribution in [3.63, 3.8) is 0 Å². The first-order chi connectivity index (χ1) is 7.69. The van der Waals surface area contributed by atoms with E-state index in [1.54, 1.807) is 0 Å². The molecule has 1 aromatic rings. The number of hydrogen-bond acceptors (Lipinski definition) is 1. The quantitative estimate of drug-likeness (QED) is 0.774. The van der Waals surface area contributed by atoms with Gasteiger partial charge in [0.2, 0.25) is 0 Å². The van der Waals surface area contributed by atoms with Crippen molar-refractivity contribution in [2.45, 2.75) is 57.3 Å². The lowest BCUT2D eigenvalue weighted by Gasteiger charge is -2.25. The average molecular weight is 285 g/mol. The number of aryl methyl sites for hydroxylation is 2. The normalized spacial score (nSPS) is 25.9. The van der Waals surface area contributed by atoms with Crippen molar-refractivity contribution in [3.05, 3.63) is 17.5 Å². The van der Waals surface area contributed by atoms with E-state index in [9.17, 15) is 0 Å². The summed E-state index contributed by atoms with van der Waals surface area (Å²) in [6.45, 7) is 5.25. The van der Waals surface area contributed by atoms with Crippen molar-refractivity contribution in [3.8, 4) is 0 Å². The van der Waals surface area contributed by atoms with Crippen LogP contribution < -0.4 is 0 Å². The van der Waals surface area contributed by atoms with Gasteiger partial charge in [0.1, 0.15) is 0 Å². The first-order valence-corrected chi connectivity index (χ1v) is 7.28. The fraction of sp³-hybridized carbons (Fsp3) is 0.769. The van der Waals surface area contributed by atoms with E-state index in [1.165, 1.54) is 37.8 Å². The van der Waals surface area contributed by atoms with Crippen LogP contribution in [-0.4, -0.2) is 14.6 Å². The van der Waals surface area contributed by atoms with Gasteiger partial charge in [-0.3, -0.25) is 4.68 Å². The summed E-state index contributed by atoms with van der Waals surface area (Å²) < 4.78 is 2.16. The highest BCUT2D eigenvalue weighted by atomic mass is 79.9. The van der Waals surface area contributed by atoms with Gasteiger partial charge >= 0.3 is 0 Å². The highest BCUT2D eigenvalue weighted by Gasteiger charge is 2.21.